The number of aromatic nitrogens is 1. The number of ketones is 1. The monoisotopic (exact) mass is 469 g/mol. The number of benzene rings is 2. The molecule has 2 aromatic carbocycles. The van der Waals surface area contributed by atoms with Crippen molar-refractivity contribution in [1.82, 2.24) is 4.98 Å². The average Bonchev–Trinajstić information content (AvgIpc) is 3.35. The van der Waals surface area contributed by atoms with Gasteiger partial charge in [0.2, 0.25) is 5.91 Å². The molecule has 3 aromatic rings. The van der Waals surface area contributed by atoms with Gasteiger partial charge in [-0.3, -0.25) is 24.3 Å². The molecule has 3 heterocycles. The van der Waals surface area contributed by atoms with Crippen molar-refractivity contribution in [2.75, 3.05) is 10.2 Å². The molecule has 2 aliphatic heterocycles. The minimum atomic E-state index is -0.854. The average molecular weight is 469 g/mol. The van der Waals surface area contributed by atoms with E-state index in [-0.39, 0.29) is 23.3 Å². The Balaban J connectivity index is 1.62. The second-order valence-corrected chi connectivity index (χ2v) is 8.63. The first kappa shape index (κ1) is 22.3. The molecular weight excluding hydrogens is 446 g/mol. The number of amides is 2. The van der Waals surface area contributed by atoms with Crippen molar-refractivity contribution in [3.8, 4) is 5.75 Å². The number of ether oxygens (including phenoxy) is 1. The van der Waals surface area contributed by atoms with Crippen LogP contribution in [0.25, 0.3) is 5.76 Å². The van der Waals surface area contributed by atoms with Crippen molar-refractivity contribution in [3.05, 3.63) is 89.3 Å². The minimum Gasteiger partial charge on any atom is -0.507 e. The zero-order chi connectivity index (χ0) is 24.7. The van der Waals surface area contributed by atoms with E-state index in [4.69, 9.17) is 4.74 Å². The second-order valence-electron chi connectivity index (χ2n) is 8.63. The zero-order valence-electron chi connectivity index (χ0n) is 19.2. The highest BCUT2D eigenvalue weighted by molar-refractivity contribution is 6.51. The number of anilines is 2. The Bertz CT molecular complexity index is 1370. The van der Waals surface area contributed by atoms with Gasteiger partial charge >= 0.3 is 0 Å². The Morgan fingerprint density at radius 2 is 1.80 bits per heavy atom. The number of aliphatic hydroxyl groups is 1. The van der Waals surface area contributed by atoms with Gasteiger partial charge in [-0.25, -0.2) is 0 Å². The third kappa shape index (κ3) is 4.03. The van der Waals surface area contributed by atoms with Gasteiger partial charge in [0.05, 0.1) is 11.6 Å². The van der Waals surface area contributed by atoms with E-state index in [2.05, 4.69) is 10.3 Å². The number of Topliss-reactive ketones (excluding diaryl/α,β-unsaturated/α-hetero) is 1. The van der Waals surface area contributed by atoms with E-state index in [1.54, 1.807) is 67.0 Å². The molecule has 1 fully saturated rings. The molecule has 0 saturated carbocycles. The van der Waals surface area contributed by atoms with Crippen LogP contribution in [0.15, 0.2) is 72.6 Å². The Labute approximate surface area is 201 Å². The van der Waals surface area contributed by atoms with Crippen LogP contribution in [0, 0.1) is 0 Å². The summed E-state index contributed by atoms with van der Waals surface area (Å²) in [6.45, 7) is 3.37. The molecule has 2 aliphatic rings. The Hall–Kier alpha value is -4.46. The minimum absolute atomic E-state index is 0.000878. The molecule has 0 aliphatic carbocycles. The lowest BCUT2D eigenvalue weighted by Gasteiger charge is -2.25. The fraction of sp³-hybridized carbons (Fsp3) is 0.185. The highest BCUT2D eigenvalue weighted by Gasteiger charge is 2.47. The summed E-state index contributed by atoms with van der Waals surface area (Å²) in [6.07, 6.45) is 3.87. The highest BCUT2D eigenvalue weighted by atomic mass is 16.5. The molecule has 2 amide bonds. The van der Waals surface area contributed by atoms with Gasteiger partial charge in [-0.1, -0.05) is 0 Å². The summed E-state index contributed by atoms with van der Waals surface area (Å²) < 4.78 is 5.74. The first-order valence-electron chi connectivity index (χ1n) is 11.2. The summed E-state index contributed by atoms with van der Waals surface area (Å²) in [6, 6.07) is 14.4. The molecule has 2 unspecified atom stereocenters. The van der Waals surface area contributed by atoms with Crippen molar-refractivity contribution in [3.63, 3.8) is 0 Å². The fourth-order valence-electron chi connectivity index (χ4n) is 4.59. The van der Waals surface area contributed by atoms with Crippen LogP contribution in [0.1, 0.15) is 36.6 Å². The maximum Gasteiger partial charge on any atom is 0.300 e. The molecule has 8 nitrogen and oxygen atoms in total. The first-order valence-corrected chi connectivity index (χ1v) is 11.2. The number of carbonyl (C=O) groups excluding carboxylic acids is 3. The Morgan fingerprint density at radius 3 is 2.49 bits per heavy atom. The van der Waals surface area contributed by atoms with Crippen LogP contribution in [-0.2, 0) is 20.8 Å². The van der Waals surface area contributed by atoms with Crippen LogP contribution in [0.2, 0.25) is 0 Å². The predicted molar refractivity (Wildman–Crippen MR) is 130 cm³/mol. The number of aliphatic hydroxyl groups excluding tert-OH is 1. The predicted octanol–water partition coefficient (Wildman–Crippen LogP) is 3.99. The second kappa shape index (κ2) is 8.72. The van der Waals surface area contributed by atoms with E-state index < -0.39 is 17.7 Å². The third-order valence-electron chi connectivity index (χ3n) is 6.10. The normalized spacial score (nSPS) is 20.5. The molecule has 8 heteroatoms. The van der Waals surface area contributed by atoms with Gasteiger partial charge in [0.15, 0.2) is 0 Å². The Morgan fingerprint density at radius 1 is 1.09 bits per heavy atom. The molecule has 1 aromatic heterocycles. The molecular formula is C27H23N3O5. The van der Waals surface area contributed by atoms with Crippen LogP contribution in [0.5, 0.6) is 5.75 Å². The number of nitrogens with one attached hydrogen (secondary N) is 1. The summed E-state index contributed by atoms with van der Waals surface area (Å²) in [5.41, 5.74) is 3.03. The first-order chi connectivity index (χ1) is 16.8. The molecule has 0 spiro atoms. The number of hydrogen-bond acceptors (Lipinski definition) is 6. The lowest BCUT2D eigenvalue weighted by atomic mass is 9.95. The molecule has 5 rings (SSSR count). The van der Waals surface area contributed by atoms with Crippen LogP contribution < -0.4 is 15.0 Å². The quantitative estimate of drug-likeness (QED) is 0.340. The number of carbonyl (C=O) groups is 3. The number of nitrogens with zero attached hydrogens (tertiary/aromatic N) is 2. The highest BCUT2D eigenvalue weighted by Crippen LogP contribution is 2.43. The number of fused-ring (bicyclic) bond motifs is 1. The standard InChI is InChI=1S/C27H23N3O5/c1-15-13-19-14-18(3-8-22(19)35-15)25(32)23-24(17-9-11-28-12-10-17)30(27(34)26(23)33)21-6-4-20(5-7-21)29-16(2)31/h3-12,14-15,24,32H,13H2,1-2H3,(H,29,31)/b25-23-. The van der Waals surface area contributed by atoms with E-state index in [0.29, 0.717) is 28.9 Å². The summed E-state index contributed by atoms with van der Waals surface area (Å²) in [5.74, 6) is -1.24. The van der Waals surface area contributed by atoms with E-state index in [1.165, 1.54) is 11.8 Å². The maximum atomic E-state index is 13.3. The van der Waals surface area contributed by atoms with Crippen molar-refractivity contribution in [1.29, 1.82) is 0 Å². The van der Waals surface area contributed by atoms with Crippen molar-refractivity contribution >= 4 is 34.7 Å². The number of hydrogen-bond donors (Lipinski definition) is 2. The summed E-state index contributed by atoms with van der Waals surface area (Å²) in [7, 11) is 0. The number of pyridine rings is 1. The lowest BCUT2D eigenvalue weighted by molar-refractivity contribution is -0.132. The summed E-state index contributed by atoms with van der Waals surface area (Å²) in [5, 5.41) is 14.0. The van der Waals surface area contributed by atoms with Gasteiger partial charge in [-0.2, -0.15) is 0 Å². The largest absolute Gasteiger partial charge is 0.507 e. The van der Waals surface area contributed by atoms with Crippen LogP contribution in [-0.4, -0.2) is 33.8 Å². The van der Waals surface area contributed by atoms with E-state index in [9.17, 15) is 19.5 Å². The van der Waals surface area contributed by atoms with Gasteiger partial charge in [-0.15, -0.1) is 0 Å². The SMILES string of the molecule is CC(=O)Nc1ccc(N2C(=O)C(=O)/C(=C(\O)c3ccc4c(c3)CC(C)O4)C2c2ccncc2)cc1. The van der Waals surface area contributed by atoms with Crippen molar-refractivity contribution in [2.24, 2.45) is 0 Å². The topological polar surface area (TPSA) is 109 Å². The van der Waals surface area contributed by atoms with Crippen molar-refractivity contribution < 1.29 is 24.2 Å². The number of rotatable bonds is 4. The van der Waals surface area contributed by atoms with Gasteiger partial charge in [0.1, 0.15) is 17.6 Å². The maximum absolute atomic E-state index is 13.3. The van der Waals surface area contributed by atoms with Crippen molar-refractivity contribution in [2.45, 2.75) is 32.4 Å². The molecule has 2 atom stereocenters. The molecule has 35 heavy (non-hydrogen) atoms. The smallest absolute Gasteiger partial charge is 0.300 e. The zero-order valence-corrected chi connectivity index (χ0v) is 19.2. The van der Waals surface area contributed by atoms with E-state index >= 15 is 0 Å². The lowest BCUT2D eigenvalue weighted by Crippen LogP contribution is -2.29. The third-order valence-corrected chi connectivity index (χ3v) is 6.10. The Kier molecular flexibility index (Phi) is 5.56. The molecule has 0 bridgehead atoms. The summed E-state index contributed by atoms with van der Waals surface area (Å²) in [4.78, 5) is 43.3. The van der Waals surface area contributed by atoms with Gasteiger partial charge < -0.3 is 15.2 Å². The van der Waals surface area contributed by atoms with Crippen LogP contribution in [0.3, 0.4) is 0 Å². The van der Waals surface area contributed by atoms with Gasteiger partial charge in [0.25, 0.3) is 11.7 Å². The fourth-order valence-corrected chi connectivity index (χ4v) is 4.59. The van der Waals surface area contributed by atoms with E-state index in [0.717, 1.165) is 11.3 Å². The van der Waals surface area contributed by atoms with Crippen LogP contribution in [0.4, 0.5) is 11.4 Å². The van der Waals surface area contributed by atoms with E-state index in [1.807, 2.05) is 6.92 Å². The molecule has 2 N–H and O–H groups in total. The molecule has 176 valence electrons. The van der Waals surface area contributed by atoms with Gasteiger partial charge in [0, 0.05) is 42.7 Å². The van der Waals surface area contributed by atoms with Gasteiger partial charge in [-0.05, 0) is 72.6 Å². The summed E-state index contributed by atoms with van der Waals surface area (Å²) >= 11 is 0. The molecule has 1 saturated heterocycles. The van der Waals surface area contributed by atoms with Crippen LogP contribution >= 0.6 is 0 Å². The molecule has 0 radical (unpaired) electrons.